The zero-order valence-corrected chi connectivity index (χ0v) is 29.2. The van der Waals surface area contributed by atoms with E-state index in [1.165, 1.54) is 0 Å². The van der Waals surface area contributed by atoms with Crippen LogP contribution >= 0.6 is 0 Å². The summed E-state index contributed by atoms with van der Waals surface area (Å²) in [6.45, 7) is 17.3. The Kier molecular flexibility index (Phi) is 12.6. The normalized spacial score (nSPS) is 21.4. The first kappa shape index (κ1) is 35.9. The number of sulfone groups is 1. The molecule has 0 aromatic heterocycles. The van der Waals surface area contributed by atoms with Crippen molar-refractivity contribution in [2.24, 2.45) is 0 Å². The molecule has 1 aliphatic rings. The van der Waals surface area contributed by atoms with Gasteiger partial charge in [-0.3, -0.25) is 0 Å². The predicted molar refractivity (Wildman–Crippen MR) is 174 cm³/mol. The number of hydrogen-bond acceptors (Lipinski definition) is 7. The molecule has 3 rings (SSSR count). The maximum Gasteiger partial charge on any atom is 0.191 e. The van der Waals surface area contributed by atoms with Crippen LogP contribution in [0.1, 0.15) is 79.2 Å². The Morgan fingerprint density at radius 3 is 2.12 bits per heavy atom. The molecule has 1 N–H and O–H groups in total. The summed E-state index contributed by atoms with van der Waals surface area (Å²) in [6, 6.07) is 18.4. The van der Waals surface area contributed by atoms with Crippen molar-refractivity contribution in [2.45, 2.75) is 139 Å². The minimum atomic E-state index is -3.76. The van der Waals surface area contributed by atoms with Gasteiger partial charge in [0.05, 0.1) is 29.0 Å². The molecule has 0 spiro atoms. The summed E-state index contributed by atoms with van der Waals surface area (Å²) < 4.78 is 53.3. The molecule has 0 bridgehead atoms. The van der Waals surface area contributed by atoms with E-state index in [-0.39, 0.29) is 28.9 Å². The fourth-order valence-electron chi connectivity index (χ4n) is 5.20. The quantitative estimate of drug-likeness (QED) is 0.194. The van der Waals surface area contributed by atoms with E-state index in [1.54, 1.807) is 30.3 Å². The lowest BCUT2D eigenvalue weighted by Gasteiger charge is -2.36. The van der Waals surface area contributed by atoms with E-state index >= 15 is 0 Å². The summed E-state index contributed by atoms with van der Waals surface area (Å²) in [5.41, 5.74) is 1.05. The Labute approximate surface area is 261 Å². The highest BCUT2D eigenvalue weighted by molar-refractivity contribution is 7.92. The van der Waals surface area contributed by atoms with E-state index in [1.807, 2.05) is 44.2 Å². The summed E-state index contributed by atoms with van der Waals surface area (Å²) in [6.07, 6.45) is 0.207. The van der Waals surface area contributed by atoms with Gasteiger partial charge in [0, 0.05) is 6.61 Å². The first-order valence-electron chi connectivity index (χ1n) is 15.7. The summed E-state index contributed by atoms with van der Waals surface area (Å²) in [4.78, 5) is 0.243. The third kappa shape index (κ3) is 9.95. The van der Waals surface area contributed by atoms with Gasteiger partial charge in [-0.2, -0.15) is 0 Å². The molecule has 0 amide bonds. The molecule has 9 heteroatoms. The average molecular weight is 635 g/mol. The number of ether oxygens (including phenoxy) is 3. The highest BCUT2D eigenvalue weighted by Gasteiger charge is 2.49. The number of aliphatic hydroxyl groups excluding tert-OH is 1. The molecule has 0 radical (unpaired) electrons. The van der Waals surface area contributed by atoms with Crippen molar-refractivity contribution in [3.05, 3.63) is 66.2 Å². The van der Waals surface area contributed by atoms with E-state index < -0.39 is 47.5 Å². The average Bonchev–Trinajstić information content (AvgIpc) is 3.28. The first-order chi connectivity index (χ1) is 20.1. The van der Waals surface area contributed by atoms with Gasteiger partial charge >= 0.3 is 0 Å². The lowest BCUT2D eigenvalue weighted by Crippen LogP contribution is -2.45. The van der Waals surface area contributed by atoms with Crippen LogP contribution in [0.5, 0.6) is 0 Å². The molecule has 1 heterocycles. The molecular formula is C34H54O7SSi. The van der Waals surface area contributed by atoms with Crippen LogP contribution in [0.15, 0.2) is 65.6 Å². The Balaban J connectivity index is 1.85. The van der Waals surface area contributed by atoms with Crippen molar-refractivity contribution in [1.29, 1.82) is 0 Å². The summed E-state index contributed by atoms with van der Waals surface area (Å²) in [5.74, 6) is -0.948. The third-order valence-corrected chi connectivity index (χ3v) is 15.6. The van der Waals surface area contributed by atoms with Gasteiger partial charge in [-0.05, 0) is 68.9 Å². The van der Waals surface area contributed by atoms with Crippen LogP contribution in [0.2, 0.25) is 18.1 Å². The van der Waals surface area contributed by atoms with Gasteiger partial charge in [0.25, 0.3) is 0 Å². The number of rotatable bonds is 16. The van der Waals surface area contributed by atoms with Gasteiger partial charge in [0.15, 0.2) is 23.9 Å². The topological polar surface area (TPSA) is 91.3 Å². The minimum Gasteiger partial charge on any atom is -0.417 e. The van der Waals surface area contributed by atoms with Crippen molar-refractivity contribution in [3.8, 4) is 0 Å². The zero-order chi connectivity index (χ0) is 31.9. The van der Waals surface area contributed by atoms with Gasteiger partial charge in [0.1, 0.15) is 12.2 Å². The predicted octanol–water partition coefficient (Wildman–Crippen LogP) is 7.29. The summed E-state index contributed by atoms with van der Waals surface area (Å²) >= 11 is 0. The first-order valence-corrected chi connectivity index (χ1v) is 20.1. The molecule has 1 unspecified atom stereocenters. The van der Waals surface area contributed by atoms with E-state index in [2.05, 4.69) is 40.8 Å². The molecular weight excluding hydrogens is 581 g/mol. The van der Waals surface area contributed by atoms with Crippen molar-refractivity contribution >= 4 is 18.2 Å². The zero-order valence-electron chi connectivity index (χ0n) is 27.4. The van der Waals surface area contributed by atoms with Gasteiger partial charge < -0.3 is 23.7 Å². The Morgan fingerprint density at radius 2 is 1.53 bits per heavy atom. The summed E-state index contributed by atoms with van der Waals surface area (Å²) in [7, 11) is -5.85. The molecule has 1 fully saturated rings. The van der Waals surface area contributed by atoms with E-state index in [0.29, 0.717) is 13.2 Å². The lowest BCUT2D eigenvalue weighted by molar-refractivity contribution is -0.164. The summed E-state index contributed by atoms with van der Waals surface area (Å²) in [5, 5.41) is 10.9. The van der Waals surface area contributed by atoms with E-state index in [0.717, 1.165) is 24.8 Å². The molecule has 242 valence electrons. The van der Waals surface area contributed by atoms with Crippen LogP contribution in [0.4, 0.5) is 0 Å². The monoisotopic (exact) mass is 634 g/mol. The van der Waals surface area contributed by atoms with E-state index in [4.69, 9.17) is 18.6 Å². The molecule has 0 aliphatic carbocycles. The number of unbranched alkanes of at least 4 members (excludes halogenated alkanes) is 1. The molecule has 5 atom stereocenters. The molecule has 0 saturated carbocycles. The van der Waals surface area contributed by atoms with Gasteiger partial charge in [-0.15, -0.1) is 0 Å². The third-order valence-electron chi connectivity index (χ3n) is 8.78. The number of hydrogen-bond donors (Lipinski definition) is 1. The van der Waals surface area contributed by atoms with E-state index in [9.17, 15) is 13.5 Å². The largest absolute Gasteiger partial charge is 0.417 e. The second-order valence-electron chi connectivity index (χ2n) is 13.7. The van der Waals surface area contributed by atoms with Gasteiger partial charge in [-0.25, -0.2) is 8.42 Å². The standard InChI is InChI=1S/C34H54O7SSi/c1-9-10-21-30(38-25-26-17-13-11-14-18-26)32-31(40-34(5,6)41-32)29(35)24-28(22-23-39-43(7,8)33(2,3)4)42(36,37)27-19-15-12-16-20-27/h11-20,28-32,35H,9-10,21-25H2,1-8H3/t28?,29-,30+,31-,32-/m1/s1. The lowest BCUT2D eigenvalue weighted by atomic mass is 9.96. The van der Waals surface area contributed by atoms with Gasteiger partial charge in [-0.1, -0.05) is 89.1 Å². The van der Waals surface area contributed by atoms with Crippen LogP contribution in [-0.4, -0.2) is 63.9 Å². The van der Waals surface area contributed by atoms with Crippen molar-refractivity contribution in [1.82, 2.24) is 0 Å². The van der Waals surface area contributed by atoms with Crippen molar-refractivity contribution in [3.63, 3.8) is 0 Å². The van der Waals surface area contributed by atoms with Gasteiger partial charge in [0.2, 0.25) is 0 Å². The highest BCUT2D eigenvalue weighted by Crippen LogP contribution is 2.38. The number of aliphatic hydroxyl groups is 1. The van der Waals surface area contributed by atoms with Crippen molar-refractivity contribution < 1.29 is 32.2 Å². The molecule has 1 aliphatic heterocycles. The molecule has 43 heavy (non-hydrogen) atoms. The van der Waals surface area contributed by atoms with Crippen LogP contribution in [0.3, 0.4) is 0 Å². The van der Waals surface area contributed by atoms with Crippen LogP contribution in [-0.2, 0) is 35.1 Å². The molecule has 2 aromatic rings. The Hall–Kier alpha value is -1.59. The highest BCUT2D eigenvalue weighted by atomic mass is 32.2. The van der Waals surface area contributed by atoms with Crippen LogP contribution in [0.25, 0.3) is 0 Å². The van der Waals surface area contributed by atoms with Crippen LogP contribution < -0.4 is 0 Å². The molecule has 7 nitrogen and oxygen atoms in total. The fraction of sp³-hybridized carbons (Fsp3) is 0.647. The Morgan fingerprint density at radius 1 is 0.953 bits per heavy atom. The number of benzene rings is 2. The van der Waals surface area contributed by atoms with Crippen LogP contribution in [0, 0.1) is 0 Å². The smallest absolute Gasteiger partial charge is 0.191 e. The second kappa shape index (κ2) is 15.1. The Bertz CT molecular complexity index is 1210. The maximum atomic E-state index is 13.9. The molecule has 2 aromatic carbocycles. The maximum absolute atomic E-state index is 13.9. The van der Waals surface area contributed by atoms with Crippen molar-refractivity contribution in [2.75, 3.05) is 6.61 Å². The second-order valence-corrected chi connectivity index (χ2v) is 20.8. The molecule has 1 saturated heterocycles. The fourth-order valence-corrected chi connectivity index (χ4v) is 8.03. The SMILES string of the molecule is CCCC[C@H](OCc1ccccc1)[C@H]1OC(C)(C)O[C@@H]1[C@H](O)CC(CCO[Si](C)(C)C(C)(C)C)S(=O)(=O)c1ccccc1. The minimum absolute atomic E-state index is 0.00139.